The first-order valence-corrected chi connectivity index (χ1v) is 6.76. The summed E-state index contributed by atoms with van der Waals surface area (Å²) in [5, 5.41) is 0. The molecule has 22 heavy (non-hydrogen) atoms. The van der Waals surface area contributed by atoms with Gasteiger partial charge < -0.3 is 14.2 Å². The van der Waals surface area contributed by atoms with E-state index in [4.69, 9.17) is 14.2 Å². The zero-order valence-electron chi connectivity index (χ0n) is 12.8. The molecule has 0 unspecified atom stereocenters. The molecular formula is C18H18O4. The zero-order chi connectivity index (χ0) is 15.9. The fourth-order valence-corrected chi connectivity index (χ4v) is 2.01. The van der Waals surface area contributed by atoms with Gasteiger partial charge in [-0.25, -0.2) is 4.79 Å². The molecule has 114 valence electrons. The molecule has 0 aromatic heterocycles. The minimum absolute atomic E-state index is 0.388. The lowest BCUT2D eigenvalue weighted by Crippen LogP contribution is -2.04. The van der Waals surface area contributed by atoms with E-state index in [0.717, 1.165) is 22.6 Å². The smallest absolute Gasteiger partial charge is 0.338 e. The molecular weight excluding hydrogens is 280 g/mol. The first-order chi connectivity index (χ1) is 10.7. The third-order valence-corrected chi connectivity index (χ3v) is 3.23. The number of ether oxygens (including phenoxy) is 3. The van der Waals surface area contributed by atoms with Crippen molar-refractivity contribution in [1.82, 2.24) is 0 Å². The lowest BCUT2D eigenvalue weighted by atomic mass is 10.0. The lowest BCUT2D eigenvalue weighted by molar-refractivity contribution is -0.133. The molecule has 0 saturated carbocycles. The molecule has 0 atom stereocenters. The van der Waals surface area contributed by atoms with E-state index in [1.165, 1.54) is 7.11 Å². The van der Waals surface area contributed by atoms with Gasteiger partial charge in [-0.15, -0.1) is 0 Å². The second-order valence-electron chi connectivity index (χ2n) is 4.55. The maximum atomic E-state index is 12.0. The van der Waals surface area contributed by atoms with E-state index < -0.39 is 0 Å². The van der Waals surface area contributed by atoms with Crippen molar-refractivity contribution < 1.29 is 19.0 Å². The summed E-state index contributed by atoms with van der Waals surface area (Å²) in [7, 11) is 4.58. The summed E-state index contributed by atoms with van der Waals surface area (Å²) in [6.07, 6.45) is 1.78. The second-order valence-corrected chi connectivity index (χ2v) is 4.55. The topological polar surface area (TPSA) is 44.8 Å². The van der Waals surface area contributed by atoms with Crippen LogP contribution in [0.4, 0.5) is 0 Å². The maximum absolute atomic E-state index is 12.0. The van der Waals surface area contributed by atoms with Crippen LogP contribution in [-0.2, 0) is 9.53 Å². The van der Waals surface area contributed by atoms with Gasteiger partial charge >= 0.3 is 5.97 Å². The fraction of sp³-hybridized carbons (Fsp3) is 0.167. The highest BCUT2D eigenvalue weighted by molar-refractivity contribution is 6.21. The highest BCUT2D eigenvalue weighted by Gasteiger charge is 2.12. The lowest BCUT2D eigenvalue weighted by Gasteiger charge is -2.08. The summed E-state index contributed by atoms with van der Waals surface area (Å²) in [4.78, 5) is 12.0. The van der Waals surface area contributed by atoms with Gasteiger partial charge in [-0.05, 0) is 41.5 Å². The van der Waals surface area contributed by atoms with Crippen LogP contribution < -0.4 is 9.47 Å². The Bertz CT molecular complexity index is 654. The highest BCUT2D eigenvalue weighted by atomic mass is 16.5. The normalized spacial score (nSPS) is 11.0. The molecule has 0 N–H and O–H groups in total. The maximum Gasteiger partial charge on any atom is 0.338 e. The molecule has 0 spiro atoms. The van der Waals surface area contributed by atoms with Crippen molar-refractivity contribution in [3.8, 4) is 11.5 Å². The van der Waals surface area contributed by atoms with E-state index in [9.17, 15) is 4.79 Å². The quantitative estimate of drug-likeness (QED) is 0.482. The van der Waals surface area contributed by atoms with Gasteiger partial charge in [0.05, 0.1) is 26.9 Å². The Labute approximate surface area is 129 Å². The second kappa shape index (κ2) is 7.31. The molecule has 0 saturated heterocycles. The van der Waals surface area contributed by atoms with Gasteiger partial charge in [0.15, 0.2) is 0 Å². The predicted octanol–water partition coefficient (Wildman–Crippen LogP) is 3.42. The van der Waals surface area contributed by atoms with E-state index in [1.54, 1.807) is 32.4 Å². The van der Waals surface area contributed by atoms with Gasteiger partial charge in [0.2, 0.25) is 0 Å². The number of esters is 1. The van der Waals surface area contributed by atoms with E-state index in [0.29, 0.717) is 5.57 Å². The Balaban J connectivity index is 2.39. The summed E-state index contributed by atoms with van der Waals surface area (Å²) in [5.41, 5.74) is 2.14. The van der Waals surface area contributed by atoms with Crippen molar-refractivity contribution in [2.45, 2.75) is 0 Å². The Morgan fingerprint density at radius 1 is 0.818 bits per heavy atom. The number of carbonyl (C=O) groups excluding carboxylic acids is 1. The Morgan fingerprint density at radius 3 is 1.77 bits per heavy atom. The molecule has 2 aromatic carbocycles. The average molecular weight is 298 g/mol. The molecule has 0 aliphatic heterocycles. The van der Waals surface area contributed by atoms with E-state index >= 15 is 0 Å². The molecule has 0 fully saturated rings. The number of hydrogen-bond acceptors (Lipinski definition) is 4. The van der Waals surface area contributed by atoms with Crippen LogP contribution in [0.15, 0.2) is 48.5 Å². The number of hydrogen-bond donors (Lipinski definition) is 0. The van der Waals surface area contributed by atoms with Crippen molar-refractivity contribution in [3.05, 3.63) is 59.7 Å². The number of methoxy groups -OCH3 is 3. The molecule has 4 nitrogen and oxygen atoms in total. The third-order valence-electron chi connectivity index (χ3n) is 3.23. The Morgan fingerprint density at radius 2 is 1.32 bits per heavy atom. The molecule has 0 heterocycles. The Hall–Kier alpha value is -2.75. The minimum Gasteiger partial charge on any atom is -0.497 e. The van der Waals surface area contributed by atoms with Gasteiger partial charge in [0.1, 0.15) is 11.5 Å². The SMILES string of the molecule is COC(=O)/C(=C/c1ccc(OC)cc1)c1ccc(OC)cc1. The van der Waals surface area contributed by atoms with Crippen LogP contribution in [0.2, 0.25) is 0 Å². The molecule has 0 amide bonds. The summed E-state index contributed by atoms with van der Waals surface area (Å²) in [6.45, 7) is 0. The van der Waals surface area contributed by atoms with E-state index in [1.807, 2.05) is 36.4 Å². The van der Waals surface area contributed by atoms with E-state index in [2.05, 4.69) is 0 Å². The zero-order valence-corrected chi connectivity index (χ0v) is 12.8. The number of rotatable bonds is 5. The van der Waals surface area contributed by atoms with Crippen molar-refractivity contribution in [1.29, 1.82) is 0 Å². The van der Waals surface area contributed by atoms with Gasteiger partial charge in [-0.2, -0.15) is 0 Å². The van der Waals surface area contributed by atoms with Gasteiger partial charge in [0.25, 0.3) is 0 Å². The molecule has 4 heteroatoms. The van der Waals surface area contributed by atoms with Crippen molar-refractivity contribution in [2.75, 3.05) is 21.3 Å². The van der Waals surface area contributed by atoms with Crippen LogP contribution >= 0.6 is 0 Å². The summed E-state index contributed by atoms with van der Waals surface area (Å²) in [5.74, 6) is 1.11. The number of carbonyl (C=O) groups is 1. The van der Waals surface area contributed by atoms with E-state index in [-0.39, 0.29) is 5.97 Å². The molecule has 2 aromatic rings. The van der Waals surface area contributed by atoms with Crippen molar-refractivity contribution in [2.24, 2.45) is 0 Å². The highest BCUT2D eigenvalue weighted by Crippen LogP contribution is 2.23. The van der Waals surface area contributed by atoms with Crippen molar-refractivity contribution in [3.63, 3.8) is 0 Å². The molecule has 0 bridgehead atoms. The van der Waals surface area contributed by atoms with Gasteiger partial charge in [-0.3, -0.25) is 0 Å². The van der Waals surface area contributed by atoms with Crippen LogP contribution in [0.3, 0.4) is 0 Å². The standard InChI is InChI=1S/C18H18O4/c1-20-15-8-4-13(5-9-15)12-17(18(19)22-3)14-6-10-16(21-2)11-7-14/h4-12H,1-3H3/b17-12+. The van der Waals surface area contributed by atoms with Gasteiger partial charge in [-0.1, -0.05) is 24.3 Å². The van der Waals surface area contributed by atoms with Crippen LogP contribution in [-0.4, -0.2) is 27.3 Å². The van der Waals surface area contributed by atoms with Crippen LogP contribution in [0.1, 0.15) is 11.1 Å². The monoisotopic (exact) mass is 298 g/mol. The summed E-state index contributed by atoms with van der Waals surface area (Å²) in [6, 6.07) is 14.7. The van der Waals surface area contributed by atoms with Gasteiger partial charge in [0, 0.05) is 0 Å². The fourth-order valence-electron chi connectivity index (χ4n) is 2.01. The van der Waals surface area contributed by atoms with Crippen molar-refractivity contribution >= 4 is 17.6 Å². The summed E-state index contributed by atoms with van der Waals surface area (Å²) >= 11 is 0. The largest absolute Gasteiger partial charge is 0.497 e. The molecule has 0 aliphatic rings. The Kier molecular flexibility index (Phi) is 5.20. The van der Waals surface area contributed by atoms with Crippen LogP contribution in [0.25, 0.3) is 11.6 Å². The first kappa shape index (κ1) is 15.6. The number of benzene rings is 2. The molecule has 0 aliphatic carbocycles. The summed E-state index contributed by atoms with van der Waals surface area (Å²) < 4.78 is 15.1. The van der Waals surface area contributed by atoms with Crippen LogP contribution in [0, 0.1) is 0 Å². The molecule has 0 radical (unpaired) electrons. The third kappa shape index (κ3) is 3.67. The average Bonchev–Trinajstić information content (AvgIpc) is 2.59. The van der Waals surface area contributed by atoms with Crippen LogP contribution in [0.5, 0.6) is 11.5 Å². The predicted molar refractivity (Wildman–Crippen MR) is 85.9 cm³/mol. The minimum atomic E-state index is -0.388. The molecule has 2 rings (SSSR count). The first-order valence-electron chi connectivity index (χ1n) is 6.76.